The van der Waals surface area contributed by atoms with Crippen molar-refractivity contribution in [3.63, 3.8) is 0 Å². The van der Waals surface area contributed by atoms with Crippen molar-refractivity contribution in [3.05, 3.63) is 71.6 Å². The van der Waals surface area contributed by atoms with Crippen LogP contribution in [0.25, 0.3) is 21.5 Å². The van der Waals surface area contributed by atoms with Gasteiger partial charge in [-0.05, 0) is 36.4 Å². The van der Waals surface area contributed by atoms with Crippen molar-refractivity contribution in [2.45, 2.75) is 18.9 Å². The highest BCUT2D eigenvalue weighted by Gasteiger charge is 2.27. The fourth-order valence-corrected chi connectivity index (χ4v) is 5.17. The number of carbonyl (C=O) groups is 2. The largest absolute Gasteiger partial charge is 0.497 e. The molecule has 184 valence electrons. The second kappa shape index (κ2) is 10.2. The Morgan fingerprint density at radius 2 is 1.83 bits per heavy atom. The number of anilines is 2. The Morgan fingerprint density at radius 3 is 2.58 bits per heavy atom. The van der Waals surface area contributed by atoms with Crippen molar-refractivity contribution in [1.29, 1.82) is 0 Å². The van der Waals surface area contributed by atoms with E-state index in [1.807, 2.05) is 66.7 Å². The van der Waals surface area contributed by atoms with Crippen molar-refractivity contribution in [3.8, 4) is 17.0 Å². The van der Waals surface area contributed by atoms with Gasteiger partial charge in [-0.2, -0.15) is 0 Å². The smallest absolute Gasteiger partial charge is 0.350 e. The quantitative estimate of drug-likeness (QED) is 0.354. The standard InChI is InChI=1S/C27H26N4O4S/c1-34-20-9-5-6-17(16-20)22-11-10-21-23(28)24(36-25(21)30-22)26(32)35-19-12-14-31(15-13-19)27(33)29-18-7-3-2-4-8-18/h2-11,16,19H,12-15,28H2,1H3,(H,29,33). The highest BCUT2D eigenvalue weighted by molar-refractivity contribution is 7.21. The zero-order chi connectivity index (χ0) is 25.1. The molecule has 36 heavy (non-hydrogen) atoms. The molecule has 3 heterocycles. The number of hydrogen-bond donors (Lipinski definition) is 2. The fraction of sp³-hybridized carbons (Fsp3) is 0.222. The number of pyridine rings is 1. The second-order valence-corrected chi connectivity index (χ2v) is 9.51. The SMILES string of the molecule is COc1cccc(-c2ccc3c(N)c(C(=O)OC4CCN(C(=O)Nc5ccccc5)CC4)sc3n2)c1. The molecule has 9 heteroatoms. The number of hydrogen-bond acceptors (Lipinski definition) is 7. The number of nitrogens with one attached hydrogen (secondary N) is 1. The first kappa shape index (κ1) is 23.6. The molecule has 3 N–H and O–H groups in total. The number of carbonyl (C=O) groups excluding carboxylic acids is 2. The number of aromatic nitrogens is 1. The number of ether oxygens (including phenoxy) is 2. The molecular weight excluding hydrogens is 476 g/mol. The van der Waals surface area contributed by atoms with E-state index in [0.717, 1.165) is 28.1 Å². The highest BCUT2D eigenvalue weighted by atomic mass is 32.1. The normalized spacial score (nSPS) is 14.0. The molecule has 0 aliphatic carbocycles. The van der Waals surface area contributed by atoms with E-state index < -0.39 is 5.97 Å². The highest BCUT2D eigenvalue weighted by Crippen LogP contribution is 2.35. The van der Waals surface area contributed by atoms with Gasteiger partial charge in [0.1, 0.15) is 21.6 Å². The third-order valence-electron chi connectivity index (χ3n) is 6.17. The third-order valence-corrected chi connectivity index (χ3v) is 7.27. The van der Waals surface area contributed by atoms with Gasteiger partial charge in [0, 0.05) is 42.6 Å². The van der Waals surface area contributed by atoms with Crippen molar-refractivity contribution < 1.29 is 19.1 Å². The number of nitrogen functional groups attached to an aromatic ring is 1. The summed E-state index contributed by atoms with van der Waals surface area (Å²) in [4.78, 5) is 33.0. The third kappa shape index (κ3) is 4.96. The number of nitrogens with two attached hydrogens (primary N) is 1. The van der Waals surface area contributed by atoms with Gasteiger partial charge in [-0.1, -0.05) is 30.3 Å². The maximum atomic E-state index is 13.0. The van der Waals surface area contributed by atoms with E-state index in [-0.39, 0.29) is 12.1 Å². The van der Waals surface area contributed by atoms with Crippen molar-refractivity contribution in [2.75, 3.05) is 31.2 Å². The van der Waals surface area contributed by atoms with E-state index >= 15 is 0 Å². The van der Waals surface area contributed by atoms with Crippen LogP contribution in [0.2, 0.25) is 0 Å². The molecule has 2 aromatic carbocycles. The van der Waals surface area contributed by atoms with Crippen LogP contribution in [-0.4, -0.2) is 48.2 Å². The number of benzene rings is 2. The number of esters is 1. The maximum absolute atomic E-state index is 13.0. The Bertz CT molecular complexity index is 1400. The van der Waals surface area contributed by atoms with E-state index in [2.05, 4.69) is 5.32 Å². The zero-order valence-corrected chi connectivity index (χ0v) is 20.6. The van der Waals surface area contributed by atoms with Crippen LogP contribution in [0.5, 0.6) is 5.75 Å². The van der Waals surface area contributed by atoms with E-state index in [1.165, 1.54) is 11.3 Å². The van der Waals surface area contributed by atoms with Gasteiger partial charge in [0.05, 0.1) is 18.5 Å². The van der Waals surface area contributed by atoms with Crippen LogP contribution < -0.4 is 15.8 Å². The van der Waals surface area contributed by atoms with Crippen LogP contribution in [0.4, 0.5) is 16.2 Å². The first-order chi connectivity index (χ1) is 17.5. The number of thiophene rings is 1. The first-order valence-corrected chi connectivity index (χ1v) is 12.5. The van der Waals surface area contributed by atoms with Crippen LogP contribution in [0.1, 0.15) is 22.5 Å². The molecule has 0 unspecified atom stereocenters. The van der Waals surface area contributed by atoms with Crippen LogP contribution in [-0.2, 0) is 4.74 Å². The van der Waals surface area contributed by atoms with Gasteiger partial charge in [-0.3, -0.25) is 0 Å². The molecule has 2 aromatic heterocycles. The minimum Gasteiger partial charge on any atom is -0.497 e. The van der Waals surface area contributed by atoms with Crippen molar-refractivity contribution in [2.24, 2.45) is 0 Å². The number of nitrogens with zero attached hydrogens (tertiary/aromatic N) is 2. The number of para-hydroxylation sites is 1. The molecule has 0 saturated carbocycles. The molecule has 0 spiro atoms. The minimum absolute atomic E-state index is 0.155. The number of likely N-dealkylation sites (tertiary alicyclic amines) is 1. The van der Waals surface area contributed by atoms with Gasteiger partial charge in [-0.25, -0.2) is 14.6 Å². The lowest BCUT2D eigenvalue weighted by Crippen LogP contribution is -2.43. The second-order valence-electron chi connectivity index (χ2n) is 8.51. The first-order valence-electron chi connectivity index (χ1n) is 11.7. The monoisotopic (exact) mass is 502 g/mol. The number of rotatable bonds is 5. The minimum atomic E-state index is -0.453. The summed E-state index contributed by atoms with van der Waals surface area (Å²) in [5, 5.41) is 3.62. The maximum Gasteiger partial charge on any atom is 0.350 e. The molecule has 2 amide bonds. The molecule has 0 bridgehead atoms. The zero-order valence-electron chi connectivity index (χ0n) is 19.8. The summed E-state index contributed by atoms with van der Waals surface area (Å²) < 4.78 is 11.1. The lowest BCUT2D eigenvalue weighted by Gasteiger charge is -2.31. The number of fused-ring (bicyclic) bond motifs is 1. The predicted octanol–water partition coefficient (Wildman–Crippen LogP) is 5.41. The number of amides is 2. The summed E-state index contributed by atoms with van der Waals surface area (Å²) in [5.41, 5.74) is 9.11. The molecule has 1 fully saturated rings. The summed E-state index contributed by atoms with van der Waals surface area (Å²) in [5.74, 6) is 0.290. The van der Waals surface area contributed by atoms with Gasteiger partial charge in [0.2, 0.25) is 0 Å². The van der Waals surface area contributed by atoms with Crippen LogP contribution in [0.3, 0.4) is 0 Å². The molecule has 4 aromatic rings. The molecule has 1 aliphatic heterocycles. The molecule has 8 nitrogen and oxygen atoms in total. The van der Waals surface area contributed by atoms with E-state index in [4.69, 9.17) is 20.2 Å². The summed E-state index contributed by atoms with van der Waals surface area (Å²) in [6, 6.07) is 20.6. The van der Waals surface area contributed by atoms with Gasteiger partial charge in [0.25, 0.3) is 0 Å². The Hall–Kier alpha value is -4.11. The van der Waals surface area contributed by atoms with Gasteiger partial charge in [-0.15, -0.1) is 11.3 Å². The Labute approximate surface area is 212 Å². The van der Waals surface area contributed by atoms with Crippen LogP contribution in [0, 0.1) is 0 Å². The lowest BCUT2D eigenvalue weighted by atomic mass is 10.1. The Morgan fingerprint density at radius 1 is 1.06 bits per heavy atom. The Balaban J connectivity index is 1.23. The summed E-state index contributed by atoms with van der Waals surface area (Å²) in [7, 11) is 1.62. The van der Waals surface area contributed by atoms with E-state index in [0.29, 0.717) is 41.3 Å². The van der Waals surface area contributed by atoms with Crippen molar-refractivity contribution >= 4 is 44.9 Å². The molecule has 0 atom stereocenters. The predicted molar refractivity (Wildman–Crippen MR) is 141 cm³/mol. The molecular formula is C27H26N4O4S. The van der Waals surface area contributed by atoms with E-state index in [9.17, 15) is 9.59 Å². The van der Waals surface area contributed by atoms with Gasteiger partial charge < -0.3 is 25.4 Å². The van der Waals surface area contributed by atoms with Crippen LogP contribution in [0.15, 0.2) is 66.7 Å². The molecule has 1 aliphatic rings. The Kier molecular flexibility index (Phi) is 6.73. The fourth-order valence-electron chi connectivity index (χ4n) is 4.20. The topological polar surface area (TPSA) is 107 Å². The summed E-state index contributed by atoms with van der Waals surface area (Å²) in [6.07, 6.45) is 0.858. The van der Waals surface area contributed by atoms with Crippen LogP contribution >= 0.6 is 11.3 Å². The van der Waals surface area contributed by atoms with E-state index in [1.54, 1.807) is 12.0 Å². The number of piperidine rings is 1. The average Bonchev–Trinajstić information content (AvgIpc) is 3.25. The molecule has 5 rings (SSSR count). The molecule has 0 radical (unpaired) electrons. The average molecular weight is 503 g/mol. The van der Waals surface area contributed by atoms with Crippen molar-refractivity contribution in [1.82, 2.24) is 9.88 Å². The summed E-state index contributed by atoms with van der Waals surface area (Å²) in [6.45, 7) is 1.01. The number of urea groups is 1. The summed E-state index contributed by atoms with van der Waals surface area (Å²) >= 11 is 1.23. The molecule has 1 saturated heterocycles. The van der Waals surface area contributed by atoms with Gasteiger partial charge >= 0.3 is 12.0 Å². The lowest BCUT2D eigenvalue weighted by molar-refractivity contribution is 0.0164. The number of methoxy groups -OCH3 is 1. The van der Waals surface area contributed by atoms with Gasteiger partial charge in [0.15, 0.2) is 0 Å².